The SMILES string of the molecule is COC(=O)CCSCC(C)Oc1cnn(Cc2ccc(OC)cc2)c(=O)c1C(F)(F)F. The molecule has 11 heteroatoms. The normalized spacial score (nSPS) is 12.3. The number of rotatable bonds is 10. The highest BCUT2D eigenvalue weighted by molar-refractivity contribution is 7.99. The standard InChI is InChI=1S/C20H23F3N2O5S/c1-13(12-31-9-8-17(26)29-3)30-16-10-24-25(19(27)18(16)20(21,22)23)11-14-4-6-15(28-2)7-5-14/h4-7,10,13H,8-9,11-12H2,1-3H3. The molecule has 1 atom stereocenters. The van der Waals surface area contributed by atoms with Crippen molar-refractivity contribution >= 4 is 17.7 Å². The maximum Gasteiger partial charge on any atom is 0.425 e. The van der Waals surface area contributed by atoms with E-state index in [0.717, 1.165) is 10.9 Å². The van der Waals surface area contributed by atoms with Gasteiger partial charge in [0.05, 0.1) is 33.4 Å². The Labute approximate surface area is 181 Å². The van der Waals surface area contributed by atoms with Gasteiger partial charge in [-0.1, -0.05) is 12.1 Å². The number of ether oxygens (including phenoxy) is 3. The Hall–Kier alpha value is -2.69. The molecule has 2 rings (SSSR count). The Morgan fingerprint density at radius 2 is 1.90 bits per heavy atom. The molecule has 0 radical (unpaired) electrons. The molecule has 0 saturated heterocycles. The van der Waals surface area contributed by atoms with Crippen molar-refractivity contribution in [3.05, 3.63) is 51.9 Å². The molecule has 7 nitrogen and oxygen atoms in total. The molecule has 0 aliphatic carbocycles. The van der Waals surface area contributed by atoms with E-state index < -0.39 is 29.2 Å². The van der Waals surface area contributed by atoms with Crippen LogP contribution in [0.15, 0.2) is 35.3 Å². The minimum absolute atomic E-state index is 0.134. The van der Waals surface area contributed by atoms with Crippen molar-refractivity contribution in [2.24, 2.45) is 0 Å². The van der Waals surface area contributed by atoms with Crippen LogP contribution in [0.3, 0.4) is 0 Å². The molecule has 0 bridgehead atoms. The lowest BCUT2D eigenvalue weighted by Gasteiger charge is -2.19. The molecule has 0 aliphatic rings. The third-order valence-corrected chi connectivity index (χ3v) is 5.34. The van der Waals surface area contributed by atoms with Crippen molar-refractivity contribution in [3.63, 3.8) is 0 Å². The number of thioether (sulfide) groups is 1. The Balaban J connectivity index is 2.15. The van der Waals surface area contributed by atoms with E-state index in [-0.39, 0.29) is 18.9 Å². The summed E-state index contributed by atoms with van der Waals surface area (Å²) in [5, 5.41) is 3.85. The van der Waals surface area contributed by atoms with E-state index in [0.29, 0.717) is 22.8 Å². The van der Waals surface area contributed by atoms with Gasteiger partial charge in [0.1, 0.15) is 11.9 Å². The second-order valence-electron chi connectivity index (χ2n) is 6.52. The van der Waals surface area contributed by atoms with Crippen LogP contribution in [0.5, 0.6) is 11.5 Å². The molecule has 0 aliphatic heterocycles. The van der Waals surface area contributed by atoms with Crippen LogP contribution in [0.2, 0.25) is 0 Å². The van der Waals surface area contributed by atoms with Crippen LogP contribution in [0.4, 0.5) is 13.2 Å². The van der Waals surface area contributed by atoms with E-state index in [1.165, 1.54) is 26.0 Å². The van der Waals surface area contributed by atoms with Crippen molar-refractivity contribution in [2.45, 2.75) is 32.2 Å². The van der Waals surface area contributed by atoms with Crippen LogP contribution in [-0.4, -0.2) is 47.6 Å². The van der Waals surface area contributed by atoms with Gasteiger partial charge in [-0.15, -0.1) is 0 Å². The van der Waals surface area contributed by atoms with Gasteiger partial charge in [-0.3, -0.25) is 9.59 Å². The zero-order valence-corrected chi connectivity index (χ0v) is 18.1. The molecule has 1 aromatic carbocycles. The van der Waals surface area contributed by atoms with Gasteiger partial charge in [0.15, 0.2) is 11.3 Å². The molecule has 0 amide bonds. The first kappa shape index (κ1) is 24.6. The summed E-state index contributed by atoms with van der Waals surface area (Å²) in [6.45, 7) is 1.44. The van der Waals surface area contributed by atoms with Gasteiger partial charge in [0, 0.05) is 11.5 Å². The van der Waals surface area contributed by atoms with Crippen LogP contribution in [0.1, 0.15) is 24.5 Å². The molecule has 170 valence electrons. The smallest absolute Gasteiger partial charge is 0.425 e. The largest absolute Gasteiger partial charge is 0.497 e. The van der Waals surface area contributed by atoms with Gasteiger partial charge < -0.3 is 14.2 Å². The molecule has 1 unspecified atom stereocenters. The molecule has 0 saturated carbocycles. The molecular formula is C20H23F3N2O5S. The molecule has 0 N–H and O–H groups in total. The van der Waals surface area contributed by atoms with E-state index in [1.54, 1.807) is 31.2 Å². The van der Waals surface area contributed by atoms with Crippen LogP contribution >= 0.6 is 11.8 Å². The van der Waals surface area contributed by atoms with Crippen molar-refractivity contribution in [1.29, 1.82) is 0 Å². The molecule has 2 aromatic rings. The van der Waals surface area contributed by atoms with Gasteiger partial charge in [0.2, 0.25) is 0 Å². The van der Waals surface area contributed by atoms with Gasteiger partial charge in [-0.25, -0.2) is 4.68 Å². The number of methoxy groups -OCH3 is 2. The summed E-state index contributed by atoms with van der Waals surface area (Å²) in [6, 6.07) is 6.56. The highest BCUT2D eigenvalue weighted by atomic mass is 32.2. The van der Waals surface area contributed by atoms with Crippen LogP contribution in [0, 0.1) is 0 Å². The number of esters is 1. The second-order valence-corrected chi connectivity index (χ2v) is 7.67. The lowest BCUT2D eigenvalue weighted by Crippen LogP contribution is -2.32. The third-order valence-electron chi connectivity index (χ3n) is 4.14. The van der Waals surface area contributed by atoms with Gasteiger partial charge in [-0.2, -0.15) is 30.0 Å². The Bertz CT molecular complexity index is 932. The summed E-state index contributed by atoms with van der Waals surface area (Å²) in [4.78, 5) is 23.6. The topological polar surface area (TPSA) is 79.7 Å². The van der Waals surface area contributed by atoms with E-state index >= 15 is 0 Å². The maximum atomic E-state index is 13.6. The fraction of sp³-hybridized carbons (Fsp3) is 0.450. The number of nitrogens with zero attached hydrogens (tertiary/aromatic N) is 2. The van der Waals surface area contributed by atoms with Crippen molar-refractivity contribution in [3.8, 4) is 11.5 Å². The van der Waals surface area contributed by atoms with Crippen LogP contribution in [0.25, 0.3) is 0 Å². The summed E-state index contributed by atoms with van der Waals surface area (Å²) in [7, 11) is 2.77. The molecule has 0 spiro atoms. The predicted octanol–water partition coefficient (Wildman–Crippen LogP) is 3.38. The number of halogens is 3. The van der Waals surface area contributed by atoms with E-state index in [9.17, 15) is 22.8 Å². The van der Waals surface area contributed by atoms with Gasteiger partial charge in [0.25, 0.3) is 5.56 Å². The monoisotopic (exact) mass is 460 g/mol. The molecule has 1 aromatic heterocycles. The quantitative estimate of drug-likeness (QED) is 0.397. The minimum atomic E-state index is -4.91. The number of carbonyl (C=O) groups excluding carboxylic acids is 1. The summed E-state index contributed by atoms with van der Waals surface area (Å²) in [6.07, 6.45) is -4.45. The molecular weight excluding hydrogens is 437 g/mol. The Morgan fingerprint density at radius 3 is 2.48 bits per heavy atom. The summed E-state index contributed by atoms with van der Waals surface area (Å²) >= 11 is 1.33. The summed E-state index contributed by atoms with van der Waals surface area (Å²) in [5.41, 5.74) is -2.10. The highest BCUT2D eigenvalue weighted by Gasteiger charge is 2.39. The first-order valence-electron chi connectivity index (χ1n) is 9.27. The fourth-order valence-electron chi connectivity index (χ4n) is 2.60. The predicted molar refractivity (Wildman–Crippen MR) is 110 cm³/mol. The zero-order valence-electron chi connectivity index (χ0n) is 17.3. The number of carbonyl (C=O) groups is 1. The number of benzene rings is 1. The fourth-order valence-corrected chi connectivity index (χ4v) is 3.48. The third kappa shape index (κ3) is 7.20. The lowest BCUT2D eigenvalue weighted by atomic mass is 10.2. The summed E-state index contributed by atoms with van der Waals surface area (Å²) < 4.78 is 56.5. The molecule has 31 heavy (non-hydrogen) atoms. The first-order valence-corrected chi connectivity index (χ1v) is 10.4. The number of aromatic nitrogens is 2. The Morgan fingerprint density at radius 1 is 1.23 bits per heavy atom. The van der Waals surface area contributed by atoms with Crippen molar-refractivity contribution < 1.29 is 32.2 Å². The van der Waals surface area contributed by atoms with Gasteiger partial charge in [-0.05, 0) is 24.6 Å². The lowest BCUT2D eigenvalue weighted by molar-refractivity contribution is -0.141. The second kappa shape index (κ2) is 11.1. The van der Waals surface area contributed by atoms with Crippen LogP contribution < -0.4 is 15.0 Å². The number of alkyl halides is 3. The van der Waals surface area contributed by atoms with Gasteiger partial charge >= 0.3 is 12.1 Å². The first-order chi connectivity index (χ1) is 14.7. The highest BCUT2D eigenvalue weighted by Crippen LogP contribution is 2.33. The maximum absolute atomic E-state index is 13.6. The van der Waals surface area contributed by atoms with E-state index in [1.807, 2.05) is 0 Å². The summed E-state index contributed by atoms with van der Waals surface area (Å²) in [5.74, 6) is 0.356. The van der Waals surface area contributed by atoms with Crippen LogP contribution in [-0.2, 0) is 22.3 Å². The molecule has 1 heterocycles. The van der Waals surface area contributed by atoms with E-state index in [4.69, 9.17) is 9.47 Å². The van der Waals surface area contributed by atoms with Crippen molar-refractivity contribution in [1.82, 2.24) is 9.78 Å². The Kier molecular flexibility index (Phi) is 8.78. The number of hydrogen-bond acceptors (Lipinski definition) is 7. The number of hydrogen-bond donors (Lipinski definition) is 0. The minimum Gasteiger partial charge on any atom is -0.497 e. The van der Waals surface area contributed by atoms with E-state index in [2.05, 4.69) is 9.84 Å². The average molecular weight is 460 g/mol. The zero-order chi connectivity index (χ0) is 23.0. The molecule has 0 fully saturated rings. The van der Waals surface area contributed by atoms with Crippen molar-refractivity contribution in [2.75, 3.05) is 25.7 Å². The average Bonchev–Trinajstić information content (AvgIpc) is 2.72.